The molecule has 1 aromatic rings. The van der Waals surface area contributed by atoms with Crippen LogP contribution < -0.4 is 5.73 Å². The largest absolute Gasteiger partial charge is 0.328 e. The summed E-state index contributed by atoms with van der Waals surface area (Å²) in [6.45, 7) is 2.27. The molecule has 1 aliphatic heterocycles. The summed E-state index contributed by atoms with van der Waals surface area (Å²) in [5.74, 6) is -0.660. The molecule has 4 nitrogen and oxygen atoms in total. The van der Waals surface area contributed by atoms with Gasteiger partial charge in [-0.3, -0.25) is 0 Å². The van der Waals surface area contributed by atoms with Crippen molar-refractivity contribution in [2.45, 2.75) is 30.7 Å². The molecule has 1 saturated heterocycles. The van der Waals surface area contributed by atoms with Crippen LogP contribution in [0, 0.1) is 12.7 Å². The lowest BCUT2D eigenvalue weighted by Crippen LogP contribution is -2.43. The minimum Gasteiger partial charge on any atom is -0.328 e. The third-order valence-electron chi connectivity index (χ3n) is 3.27. The van der Waals surface area contributed by atoms with E-state index in [0.717, 1.165) is 0 Å². The summed E-state index contributed by atoms with van der Waals surface area (Å²) in [5.41, 5.74) is 6.08. The van der Waals surface area contributed by atoms with E-state index in [0.29, 0.717) is 31.5 Å². The van der Waals surface area contributed by atoms with Crippen LogP contribution in [0.5, 0.6) is 0 Å². The zero-order valence-electron chi connectivity index (χ0n) is 10.3. The molecule has 0 bridgehead atoms. The lowest BCUT2D eigenvalue weighted by atomic mass is 10.1. The number of hydrogen-bond acceptors (Lipinski definition) is 3. The number of benzene rings is 1. The van der Waals surface area contributed by atoms with E-state index < -0.39 is 15.8 Å². The Morgan fingerprint density at radius 1 is 1.33 bits per heavy atom. The molecule has 2 rings (SSSR count). The van der Waals surface area contributed by atoms with Crippen LogP contribution in [0.25, 0.3) is 0 Å². The normalized spacial score (nSPS) is 19.1. The Kier molecular flexibility index (Phi) is 3.70. The van der Waals surface area contributed by atoms with Gasteiger partial charge in [-0.15, -0.1) is 0 Å². The maximum Gasteiger partial charge on any atom is 0.245 e. The standard InChI is InChI=1S/C12H17FN2O2S/c1-9-3-2-4-11(12(9)13)18(16,17)15-7-5-10(14)6-8-15/h2-4,10H,5-8,14H2,1H3. The van der Waals surface area contributed by atoms with Crippen molar-refractivity contribution in [1.29, 1.82) is 0 Å². The monoisotopic (exact) mass is 272 g/mol. The highest BCUT2D eigenvalue weighted by Gasteiger charge is 2.30. The average molecular weight is 272 g/mol. The highest BCUT2D eigenvalue weighted by molar-refractivity contribution is 7.89. The van der Waals surface area contributed by atoms with Crippen molar-refractivity contribution in [3.63, 3.8) is 0 Å². The maximum absolute atomic E-state index is 13.9. The van der Waals surface area contributed by atoms with Gasteiger partial charge in [0.1, 0.15) is 10.7 Å². The number of rotatable bonds is 2. The minimum atomic E-state index is -3.74. The summed E-state index contributed by atoms with van der Waals surface area (Å²) in [4.78, 5) is -0.238. The van der Waals surface area contributed by atoms with E-state index in [4.69, 9.17) is 5.73 Å². The molecular weight excluding hydrogens is 255 g/mol. The quantitative estimate of drug-likeness (QED) is 0.881. The van der Waals surface area contributed by atoms with Crippen molar-refractivity contribution in [3.05, 3.63) is 29.6 Å². The molecule has 0 saturated carbocycles. The summed E-state index contributed by atoms with van der Waals surface area (Å²) in [6, 6.07) is 4.46. The first kappa shape index (κ1) is 13.5. The van der Waals surface area contributed by atoms with Crippen molar-refractivity contribution in [2.24, 2.45) is 5.73 Å². The van der Waals surface area contributed by atoms with Crippen molar-refractivity contribution in [1.82, 2.24) is 4.31 Å². The Morgan fingerprint density at radius 2 is 1.94 bits per heavy atom. The summed E-state index contributed by atoms with van der Waals surface area (Å²) < 4.78 is 39.8. The summed E-state index contributed by atoms with van der Waals surface area (Å²) >= 11 is 0. The number of halogens is 1. The van der Waals surface area contributed by atoms with Gasteiger partial charge in [-0.1, -0.05) is 12.1 Å². The van der Waals surface area contributed by atoms with Gasteiger partial charge >= 0.3 is 0 Å². The van der Waals surface area contributed by atoms with Crippen molar-refractivity contribution in [2.75, 3.05) is 13.1 Å². The first-order valence-corrected chi connectivity index (χ1v) is 7.38. The molecule has 1 heterocycles. The van der Waals surface area contributed by atoms with Gasteiger partial charge in [-0.25, -0.2) is 12.8 Å². The molecule has 6 heteroatoms. The first-order chi connectivity index (χ1) is 8.43. The maximum atomic E-state index is 13.9. The topological polar surface area (TPSA) is 63.4 Å². The predicted octanol–water partition coefficient (Wildman–Crippen LogP) is 1.25. The second-order valence-electron chi connectivity index (χ2n) is 4.63. The summed E-state index contributed by atoms with van der Waals surface area (Å²) in [7, 11) is -3.74. The van der Waals surface area contributed by atoms with E-state index in [-0.39, 0.29) is 10.9 Å². The average Bonchev–Trinajstić information content (AvgIpc) is 2.33. The van der Waals surface area contributed by atoms with Crippen LogP contribution in [0.1, 0.15) is 18.4 Å². The van der Waals surface area contributed by atoms with Crippen LogP contribution in [-0.4, -0.2) is 31.9 Å². The Labute approximate surface area is 107 Å². The van der Waals surface area contributed by atoms with Crippen LogP contribution in [0.15, 0.2) is 23.1 Å². The number of sulfonamides is 1. The van der Waals surface area contributed by atoms with Gasteiger partial charge in [-0.2, -0.15) is 4.31 Å². The zero-order valence-corrected chi connectivity index (χ0v) is 11.1. The lowest BCUT2D eigenvalue weighted by Gasteiger charge is -2.29. The Hall–Kier alpha value is -0.980. The fourth-order valence-corrected chi connectivity index (χ4v) is 3.68. The van der Waals surface area contributed by atoms with Gasteiger partial charge in [-0.05, 0) is 31.4 Å². The number of nitrogens with two attached hydrogens (primary N) is 1. The van der Waals surface area contributed by atoms with Gasteiger partial charge in [0.25, 0.3) is 0 Å². The molecule has 1 aromatic carbocycles. The second kappa shape index (κ2) is 4.95. The molecule has 0 atom stereocenters. The van der Waals surface area contributed by atoms with Gasteiger partial charge in [0.05, 0.1) is 0 Å². The van der Waals surface area contributed by atoms with Crippen molar-refractivity contribution in [3.8, 4) is 0 Å². The summed E-state index contributed by atoms with van der Waals surface area (Å²) in [6.07, 6.45) is 1.24. The molecule has 0 unspecified atom stereocenters. The van der Waals surface area contributed by atoms with E-state index in [9.17, 15) is 12.8 Å². The van der Waals surface area contributed by atoms with Gasteiger partial charge in [0.2, 0.25) is 10.0 Å². The molecule has 18 heavy (non-hydrogen) atoms. The van der Waals surface area contributed by atoms with Gasteiger partial charge in [0, 0.05) is 19.1 Å². The van der Waals surface area contributed by atoms with E-state index in [2.05, 4.69) is 0 Å². The van der Waals surface area contributed by atoms with E-state index in [1.807, 2.05) is 0 Å². The van der Waals surface area contributed by atoms with Crippen LogP contribution in [-0.2, 0) is 10.0 Å². The third kappa shape index (κ3) is 2.41. The second-order valence-corrected chi connectivity index (χ2v) is 6.53. The molecule has 0 spiro atoms. The third-order valence-corrected chi connectivity index (χ3v) is 5.19. The van der Waals surface area contributed by atoms with E-state index in [1.54, 1.807) is 19.1 Å². The minimum absolute atomic E-state index is 0.0406. The Morgan fingerprint density at radius 3 is 2.56 bits per heavy atom. The van der Waals surface area contributed by atoms with Gasteiger partial charge in [0.15, 0.2) is 0 Å². The Balaban J connectivity index is 2.34. The highest BCUT2D eigenvalue weighted by atomic mass is 32.2. The lowest BCUT2D eigenvalue weighted by molar-refractivity contribution is 0.319. The van der Waals surface area contributed by atoms with Gasteiger partial charge < -0.3 is 5.73 Å². The molecule has 0 radical (unpaired) electrons. The molecular formula is C12H17FN2O2S. The van der Waals surface area contributed by atoms with Crippen molar-refractivity contribution < 1.29 is 12.8 Å². The SMILES string of the molecule is Cc1cccc(S(=O)(=O)N2CCC(N)CC2)c1F. The fraction of sp³-hybridized carbons (Fsp3) is 0.500. The smallest absolute Gasteiger partial charge is 0.245 e. The predicted molar refractivity (Wildman–Crippen MR) is 67.1 cm³/mol. The molecule has 1 fully saturated rings. The summed E-state index contributed by atoms with van der Waals surface area (Å²) in [5, 5.41) is 0. The molecule has 1 aliphatic rings. The number of aryl methyl sites for hydroxylation is 1. The number of piperidine rings is 1. The number of hydrogen-bond donors (Lipinski definition) is 1. The van der Waals surface area contributed by atoms with E-state index in [1.165, 1.54) is 10.4 Å². The molecule has 0 aromatic heterocycles. The molecule has 100 valence electrons. The fourth-order valence-electron chi connectivity index (χ4n) is 2.07. The molecule has 2 N–H and O–H groups in total. The number of nitrogens with zero attached hydrogens (tertiary/aromatic N) is 1. The van der Waals surface area contributed by atoms with Crippen LogP contribution in [0.2, 0.25) is 0 Å². The molecule has 0 aliphatic carbocycles. The van der Waals surface area contributed by atoms with E-state index >= 15 is 0 Å². The van der Waals surface area contributed by atoms with Crippen molar-refractivity contribution >= 4 is 10.0 Å². The first-order valence-electron chi connectivity index (χ1n) is 5.94. The van der Waals surface area contributed by atoms with Crippen LogP contribution >= 0.6 is 0 Å². The Bertz CT molecular complexity index is 537. The van der Waals surface area contributed by atoms with Crippen LogP contribution in [0.4, 0.5) is 4.39 Å². The zero-order chi connectivity index (χ0) is 13.3. The van der Waals surface area contributed by atoms with Crippen LogP contribution in [0.3, 0.4) is 0 Å². The molecule has 0 amide bonds. The highest BCUT2D eigenvalue weighted by Crippen LogP contribution is 2.23.